The summed E-state index contributed by atoms with van der Waals surface area (Å²) in [5.41, 5.74) is -0.321. The zero-order valence-corrected chi connectivity index (χ0v) is 18.4. The Morgan fingerprint density at radius 1 is 1.20 bits per heavy atom. The molecule has 0 fully saturated rings. The molecule has 1 aromatic heterocycles. The van der Waals surface area contributed by atoms with Crippen LogP contribution in [0.5, 0.6) is 0 Å². The molecule has 0 aliphatic carbocycles. The molecule has 1 aromatic carbocycles. The molecule has 0 unspecified atom stereocenters. The average Bonchev–Trinajstić information content (AvgIpc) is 2.85. The van der Waals surface area contributed by atoms with E-state index in [1.54, 1.807) is 0 Å². The highest BCUT2D eigenvalue weighted by atomic mass is 32.9. The van der Waals surface area contributed by atoms with Gasteiger partial charge >= 0.3 is 0 Å². The Morgan fingerprint density at radius 3 is 2.36 bits per heavy atom. The largest absolute Gasteiger partial charge is 0.319 e. The van der Waals surface area contributed by atoms with Crippen molar-refractivity contribution in [2.45, 2.75) is 52.6 Å². The summed E-state index contributed by atoms with van der Waals surface area (Å²) in [6.07, 6.45) is 0.0172. The lowest BCUT2D eigenvalue weighted by Gasteiger charge is -2.25. The van der Waals surface area contributed by atoms with Gasteiger partial charge in [0.05, 0.1) is 23.6 Å². The molecule has 0 aliphatic rings. The smallest absolute Gasteiger partial charge is 0.248 e. The molecule has 25 heavy (non-hydrogen) atoms. The topological polar surface area (TPSA) is 52.1 Å². The minimum absolute atomic E-state index is 0.00859. The number of H-pyrrole nitrogens is 1. The van der Waals surface area contributed by atoms with Gasteiger partial charge in [0, 0.05) is 0 Å². The number of para-hydroxylation sites is 1. The van der Waals surface area contributed by atoms with Gasteiger partial charge < -0.3 is 9.05 Å². The number of aromatic nitrogens is 3. The molecule has 0 radical (unpaired) electrons. The predicted molar refractivity (Wildman–Crippen MR) is 112 cm³/mol. The summed E-state index contributed by atoms with van der Waals surface area (Å²) in [7, 11) is 0. The monoisotopic (exact) mass is 417 g/mol. The molecule has 138 valence electrons. The summed E-state index contributed by atoms with van der Waals surface area (Å²) in [5.74, 6) is 1.36. The second kappa shape index (κ2) is 8.93. The molecule has 2 rings (SSSR count). The van der Waals surface area contributed by atoms with Crippen LogP contribution in [0.15, 0.2) is 24.3 Å². The van der Waals surface area contributed by atoms with Gasteiger partial charge in [0.1, 0.15) is 5.82 Å². The molecule has 1 heterocycles. The van der Waals surface area contributed by atoms with Crippen molar-refractivity contribution in [3.8, 4) is 5.69 Å². The number of nitrogens with zero attached hydrogens (tertiary/aromatic N) is 2. The second-order valence-corrected chi connectivity index (χ2v) is 12.7. The third kappa shape index (κ3) is 5.74. The van der Waals surface area contributed by atoms with Crippen molar-refractivity contribution in [3.05, 3.63) is 40.4 Å². The molecular weight excluding hydrogens is 393 g/mol. The first kappa shape index (κ1) is 20.8. The van der Waals surface area contributed by atoms with Crippen LogP contribution in [0.25, 0.3) is 5.69 Å². The van der Waals surface area contributed by atoms with E-state index in [-0.39, 0.29) is 12.2 Å². The molecular formula is C16H24N3O2PS3. The Hall–Kier alpha value is -0.500. The first-order valence-electron chi connectivity index (χ1n) is 8.05. The first-order chi connectivity index (χ1) is 11.7. The fourth-order valence-corrected chi connectivity index (χ4v) is 7.87. The summed E-state index contributed by atoms with van der Waals surface area (Å²) in [6, 6.07) is 8.07. The molecule has 0 saturated heterocycles. The van der Waals surface area contributed by atoms with E-state index in [1.165, 1.54) is 11.4 Å². The van der Waals surface area contributed by atoms with E-state index in [0.717, 1.165) is 17.1 Å². The van der Waals surface area contributed by atoms with Gasteiger partial charge in [-0.15, -0.1) is 0 Å². The highest BCUT2D eigenvalue weighted by Gasteiger charge is 2.25. The molecule has 0 atom stereocenters. The van der Waals surface area contributed by atoms with Crippen LogP contribution in [0.3, 0.4) is 0 Å². The van der Waals surface area contributed by atoms with E-state index >= 15 is 0 Å². The van der Waals surface area contributed by atoms with Gasteiger partial charge in [-0.25, -0.2) is 0 Å². The van der Waals surface area contributed by atoms with Gasteiger partial charge in [-0.2, -0.15) is 5.10 Å². The highest BCUT2D eigenvalue weighted by Crippen LogP contribution is 2.63. The van der Waals surface area contributed by atoms with E-state index in [4.69, 9.17) is 33.1 Å². The zero-order valence-electron chi connectivity index (χ0n) is 15.1. The summed E-state index contributed by atoms with van der Waals surface area (Å²) in [6.45, 7) is 9.92. The Kier molecular flexibility index (Phi) is 7.43. The fourth-order valence-electron chi connectivity index (χ4n) is 2.23. The van der Waals surface area contributed by atoms with Crippen LogP contribution in [0.4, 0.5) is 0 Å². The molecule has 0 bridgehead atoms. The predicted octanol–water partition coefficient (Wildman–Crippen LogP) is 5.55. The minimum Gasteiger partial charge on any atom is -0.319 e. The lowest BCUT2D eigenvalue weighted by atomic mass is 10.2. The van der Waals surface area contributed by atoms with Crippen molar-refractivity contribution in [3.63, 3.8) is 0 Å². The van der Waals surface area contributed by atoms with Gasteiger partial charge in [0.15, 0.2) is 4.77 Å². The molecule has 0 amide bonds. The van der Waals surface area contributed by atoms with E-state index < -0.39 is 5.69 Å². The Labute approximate surface area is 163 Å². The number of nitrogens with one attached hydrogen (secondary N) is 1. The highest BCUT2D eigenvalue weighted by molar-refractivity contribution is 8.67. The van der Waals surface area contributed by atoms with E-state index in [1.807, 2.05) is 50.5 Å². The van der Waals surface area contributed by atoms with Crippen molar-refractivity contribution in [1.29, 1.82) is 0 Å². The maximum atomic E-state index is 5.94. The Bertz CT molecular complexity index is 803. The fraction of sp³-hybridized carbons (Fsp3) is 0.500. The van der Waals surface area contributed by atoms with Crippen LogP contribution in [0, 0.1) is 11.7 Å². The molecule has 0 saturated carbocycles. The lowest BCUT2D eigenvalue weighted by Crippen LogP contribution is -2.07. The summed E-state index contributed by atoms with van der Waals surface area (Å²) in [4.78, 5) is 0. The molecule has 5 nitrogen and oxygen atoms in total. The third-order valence-corrected chi connectivity index (χ3v) is 8.78. The standard InChI is InChI=1S/C16H24N3O2PS3/c1-11(2)20-22(24,21-12(3)4)25-10-15-17-18-16(23)19(15)14-9-7-6-8-13(14)5/h6-9,11-12H,10H2,1-5H3,(H,18,23). The van der Waals surface area contributed by atoms with E-state index in [2.05, 4.69) is 23.2 Å². The number of hydrogen-bond acceptors (Lipinski definition) is 6. The molecule has 1 N–H and O–H groups in total. The number of aromatic amines is 1. The van der Waals surface area contributed by atoms with Crippen LogP contribution < -0.4 is 0 Å². The maximum Gasteiger partial charge on any atom is 0.248 e. The Morgan fingerprint density at radius 2 is 1.80 bits per heavy atom. The Balaban J connectivity index is 2.28. The third-order valence-electron chi connectivity index (χ3n) is 3.13. The number of rotatable bonds is 8. The summed E-state index contributed by atoms with van der Waals surface area (Å²) < 4.78 is 14.4. The van der Waals surface area contributed by atoms with Crippen LogP contribution in [0.2, 0.25) is 0 Å². The quantitative estimate of drug-likeness (QED) is 0.449. The van der Waals surface area contributed by atoms with Crippen molar-refractivity contribution in [1.82, 2.24) is 14.8 Å². The maximum absolute atomic E-state index is 5.94. The summed E-state index contributed by atoms with van der Waals surface area (Å²) in [5, 5.41) is 7.26. The van der Waals surface area contributed by atoms with Crippen molar-refractivity contribution < 1.29 is 9.05 Å². The molecule has 0 aliphatic heterocycles. The van der Waals surface area contributed by atoms with Crippen molar-refractivity contribution in [2.24, 2.45) is 0 Å². The molecule has 0 spiro atoms. The van der Waals surface area contributed by atoms with Gasteiger partial charge in [0.2, 0.25) is 5.69 Å². The van der Waals surface area contributed by atoms with Crippen LogP contribution in [-0.4, -0.2) is 27.0 Å². The van der Waals surface area contributed by atoms with Crippen LogP contribution in [0.1, 0.15) is 39.1 Å². The normalized spacial score (nSPS) is 12.3. The SMILES string of the molecule is Cc1ccccc1-n1c(CSP(=S)(OC(C)C)OC(C)C)n[nH]c1=S. The number of benzene rings is 1. The van der Waals surface area contributed by atoms with E-state index in [0.29, 0.717) is 10.5 Å². The van der Waals surface area contributed by atoms with Gasteiger partial charge in [-0.3, -0.25) is 9.67 Å². The molecule has 9 heteroatoms. The van der Waals surface area contributed by atoms with Crippen molar-refractivity contribution in [2.75, 3.05) is 0 Å². The van der Waals surface area contributed by atoms with Crippen LogP contribution in [-0.2, 0) is 26.6 Å². The second-order valence-electron chi connectivity index (χ2n) is 6.10. The van der Waals surface area contributed by atoms with Gasteiger partial charge in [0.25, 0.3) is 0 Å². The van der Waals surface area contributed by atoms with Crippen LogP contribution >= 0.6 is 29.3 Å². The first-order valence-corrected chi connectivity index (χ1v) is 12.7. The lowest BCUT2D eigenvalue weighted by molar-refractivity contribution is 0.186. The van der Waals surface area contributed by atoms with Crippen molar-refractivity contribution >= 4 is 41.1 Å². The number of aryl methyl sites for hydroxylation is 1. The van der Waals surface area contributed by atoms with E-state index in [9.17, 15) is 0 Å². The zero-order chi connectivity index (χ0) is 18.6. The average molecular weight is 418 g/mol. The number of hydrogen-bond donors (Lipinski definition) is 1. The molecule has 2 aromatic rings. The summed E-state index contributed by atoms with van der Waals surface area (Å²) >= 11 is 12.6. The van der Waals surface area contributed by atoms with Gasteiger partial charge in [-0.1, -0.05) is 29.6 Å². The van der Waals surface area contributed by atoms with Gasteiger partial charge in [-0.05, 0) is 70.3 Å². The minimum atomic E-state index is -2.46.